The second-order valence-electron chi connectivity index (χ2n) is 7.49. The van der Waals surface area contributed by atoms with E-state index < -0.39 is 0 Å². The normalized spacial score (nSPS) is 20.3. The Labute approximate surface area is 167 Å². The van der Waals surface area contributed by atoms with Crippen LogP contribution in [-0.4, -0.2) is 60.7 Å². The Hall–Kier alpha value is -2.57. The van der Waals surface area contributed by atoms with E-state index in [0.717, 1.165) is 45.0 Å². The maximum Gasteiger partial charge on any atom is 0.193 e. The Bertz CT molecular complexity index is 760. The lowest BCUT2D eigenvalue weighted by atomic mass is 9.93. The van der Waals surface area contributed by atoms with Crippen molar-refractivity contribution >= 4 is 11.6 Å². The van der Waals surface area contributed by atoms with Crippen LogP contribution in [0.2, 0.25) is 0 Å². The van der Waals surface area contributed by atoms with Crippen LogP contribution >= 0.6 is 0 Å². The van der Waals surface area contributed by atoms with Crippen molar-refractivity contribution in [2.24, 2.45) is 10.9 Å². The number of benzene rings is 1. The van der Waals surface area contributed by atoms with E-state index in [0.29, 0.717) is 17.6 Å². The molecule has 152 valence electrons. The predicted octanol–water partition coefficient (Wildman–Crippen LogP) is 3.01. The highest BCUT2D eigenvalue weighted by Gasteiger charge is 2.28. The Balaban J connectivity index is 1.49. The smallest absolute Gasteiger partial charge is 0.193 e. The largest absolute Gasteiger partial charge is 0.372 e. The summed E-state index contributed by atoms with van der Waals surface area (Å²) in [5, 5.41) is 3.47. The molecule has 2 aromatic rings. The van der Waals surface area contributed by atoms with Gasteiger partial charge in [-0.15, -0.1) is 0 Å². The number of hydrogen-bond donors (Lipinski definition) is 1. The second-order valence-corrected chi connectivity index (χ2v) is 7.49. The number of para-hydroxylation sites is 1. The molecule has 0 saturated carbocycles. The van der Waals surface area contributed by atoms with E-state index in [2.05, 4.69) is 31.7 Å². The van der Waals surface area contributed by atoms with Crippen LogP contribution in [0.25, 0.3) is 0 Å². The molecule has 1 aromatic heterocycles. The number of nitrogens with zero attached hydrogens (tertiary/aromatic N) is 5. The Kier molecular flexibility index (Phi) is 6.90. The summed E-state index contributed by atoms with van der Waals surface area (Å²) in [6, 6.07) is 7.30. The fourth-order valence-corrected chi connectivity index (χ4v) is 3.83. The average molecular weight is 387 g/mol. The first-order valence-electron chi connectivity index (χ1n) is 9.99. The number of likely N-dealkylation sites (tertiary alicyclic amines) is 1. The van der Waals surface area contributed by atoms with Crippen LogP contribution in [0.15, 0.2) is 48.0 Å². The SMILES string of the molecule is CN=C(NCCCN(C)c1ccccc1F)N1CCC(C)C(n2ccnc2)C1. The van der Waals surface area contributed by atoms with Gasteiger partial charge in [-0.3, -0.25) is 4.99 Å². The number of hydrogen-bond acceptors (Lipinski definition) is 3. The monoisotopic (exact) mass is 386 g/mol. The molecule has 1 N–H and O–H groups in total. The van der Waals surface area contributed by atoms with Crippen LogP contribution < -0.4 is 10.2 Å². The van der Waals surface area contributed by atoms with Crippen LogP contribution in [0.4, 0.5) is 10.1 Å². The van der Waals surface area contributed by atoms with E-state index in [1.165, 1.54) is 6.07 Å². The zero-order valence-electron chi connectivity index (χ0n) is 17.1. The third-order valence-corrected chi connectivity index (χ3v) is 5.55. The molecule has 0 radical (unpaired) electrons. The van der Waals surface area contributed by atoms with E-state index in [4.69, 9.17) is 0 Å². The third-order valence-electron chi connectivity index (χ3n) is 5.55. The summed E-state index contributed by atoms with van der Waals surface area (Å²) in [6.07, 6.45) is 7.81. The lowest BCUT2D eigenvalue weighted by Gasteiger charge is -2.39. The van der Waals surface area contributed by atoms with Crippen molar-refractivity contribution < 1.29 is 4.39 Å². The fourth-order valence-electron chi connectivity index (χ4n) is 3.83. The van der Waals surface area contributed by atoms with Crippen LogP contribution in [-0.2, 0) is 0 Å². The van der Waals surface area contributed by atoms with Gasteiger partial charge in [0.05, 0.1) is 18.1 Å². The number of guanidine groups is 1. The number of aromatic nitrogens is 2. The number of anilines is 1. The molecule has 7 heteroatoms. The van der Waals surface area contributed by atoms with Gasteiger partial charge in [0.15, 0.2) is 5.96 Å². The van der Waals surface area contributed by atoms with Gasteiger partial charge in [-0.05, 0) is 30.9 Å². The van der Waals surface area contributed by atoms with Crippen LogP contribution in [0.1, 0.15) is 25.8 Å². The topological polar surface area (TPSA) is 48.7 Å². The first kappa shape index (κ1) is 20.2. The number of aliphatic imine (C=N–C) groups is 1. The van der Waals surface area contributed by atoms with E-state index in [1.807, 2.05) is 49.8 Å². The summed E-state index contributed by atoms with van der Waals surface area (Å²) >= 11 is 0. The Morgan fingerprint density at radius 2 is 2.21 bits per heavy atom. The van der Waals surface area contributed by atoms with Crippen molar-refractivity contribution in [3.05, 3.63) is 48.8 Å². The van der Waals surface area contributed by atoms with Crippen molar-refractivity contribution in [3.8, 4) is 0 Å². The number of piperidine rings is 1. The minimum Gasteiger partial charge on any atom is -0.372 e. The lowest BCUT2D eigenvalue weighted by molar-refractivity contribution is 0.189. The molecule has 1 aromatic carbocycles. The second kappa shape index (κ2) is 9.57. The molecular weight excluding hydrogens is 355 g/mol. The fraction of sp³-hybridized carbons (Fsp3) is 0.524. The molecule has 28 heavy (non-hydrogen) atoms. The van der Waals surface area contributed by atoms with Gasteiger partial charge in [0, 0.05) is 52.7 Å². The highest BCUT2D eigenvalue weighted by Crippen LogP contribution is 2.27. The summed E-state index contributed by atoms with van der Waals surface area (Å²) in [6.45, 7) is 5.80. The third kappa shape index (κ3) is 4.82. The molecule has 1 saturated heterocycles. The van der Waals surface area contributed by atoms with Crippen LogP contribution in [0.5, 0.6) is 0 Å². The van der Waals surface area contributed by atoms with Crippen molar-refractivity contribution in [1.82, 2.24) is 19.8 Å². The molecule has 1 aliphatic rings. The Morgan fingerprint density at radius 1 is 1.39 bits per heavy atom. The zero-order chi connectivity index (χ0) is 19.9. The highest BCUT2D eigenvalue weighted by atomic mass is 19.1. The maximum absolute atomic E-state index is 13.9. The summed E-state index contributed by atoms with van der Waals surface area (Å²) in [7, 11) is 3.76. The molecule has 0 amide bonds. The molecule has 2 atom stereocenters. The van der Waals surface area contributed by atoms with Crippen molar-refractivity contribution in [2.75, 3.05) is 45.2 Å². The highest BCUT2D eigenvalue weighted by molar-refractivity contribution is 5.80. The van der Waals surface area contributed by atoms with Gasteiger partial charge in [-0.1, -0.05) is 19.1 Å². The van der Waals surface area contributed by atoms with E-state index in [9.17, 15) is 4.39 Å². The summed E-state index contributed by atoms with van der Waals surface area (Å²) in [5.41, 5.74) is 0.639. The van der Waals surface area contributed by atoms with Gasteiger partial charge in [0.25, 0.3) is 0 Å². The van der Waals surface area contributed by atoms with Gasteiger partial charge in [0.2, 0.25) is 0 Å². The maximum atomic E-state index is 13.9. The number of halogens is 1. The number of nitrogens with one attached hydrogen (secondary N) is 1. The van der Waals surface area contributed by atoms with E-state index in [1.54, 1.807) is 6.07 Å². The van der Waals surface area contributed by atoms with Gasteiger partial charge in [0.1, 0.15) is 5.82 Å². The van der Waals surface area contributed by atoms with Gasteiger partial charge in [-0.2, -0.15) is 0 Å². The molecule has 1 fully saturated rings. The molecule has 6 nitrogen and oxygen atoms in total. The molecule has 0 spiro atoms. The summed E-state index contributed by atoms with van der Waals surface area (Å²) in [4.78, 5) is 13.0. The zero-order valence-corrected chi connectivity index (χ0v) is 17.1. The first-order valence-corrected chi connectivity index (χ1v) is 9.99. The number of rotatable bonds is 6. The van der Waals surface area contributed by atoms with Crippen LogP contribution in [0.3, 0.4) is 0 Å². The van der Waals surface area contributed by atoms with Gasteiger partial charge < -0.3 is 19.7 Å². The average Bonchev–Trinajstić information content (AvgIpc) is 3.23. The van der Waals surface area contributed by atoms with Crippen molar-refractivity contribution in [2.45, 2.75) is 25.8 Å². The number of imidazole rings is 1. The van der Waals surface area contributed by atoms with Gasteiger partial charge in [-0.25, -0.2) is 9.37 Å². The van der Waals surface area contributed by atoms with E-state index in [-0.39, 0.29) is 5.82 Å². The molecule has 2 heterocycles. The van der Waals surface area contributed by atoms with Crippen molar-refractivity contribution in [1.29, 1.82) is 0 Å². The van der Waals surface area contributed by atoms with Crippen LogP contribution in [0, 0.1) is 11.7 Å². The predicted molar refractivity (Wildman–Crippen MR) is 112 cm³/mol. The first-order chi connectivity index (χ1) is 13.6. The summed E-state index contributed by atoms with van der Waals surface area (Å²) in [5.74, 6) is 1.37. The minimum absolute atomic E-state index is 0.179. The molecule has 0 aliphatic carbocycles. The lowest BCUT2D eigenvalue weighted by Crippen LogP contribution is -2.49. The molecule has 3 rings (SSSR count). The van der Waals surface area contributed by atoms with E-state index >= 15 is 0 Å². The molecular formula is C21H31FN6. The molecule has 2 unspecified atom stereocenters. The van der Waals surface area contributed by atoms with Crippen molar-refractivity contribution in [3.63, 3.8) is 0 Å². The van der Waals surface area contributed by atoms with Gasteiger partial charge >= 0.3 is 0 Å². The minimum atomic E-state index is -0.179. The summed E-state index contributed by atoms with van der Waals surface area (Å²) < 4.78 is 16.1. The molecule has 0 bridgehead atoms. The standard InChI is InChI=1S/C21H31FN6/c1-17-9-13-27(15-20(17)28-14-11-24-16-28)21(23-2)25-10-6-12-26(3)19-8-5-4-7-18(19)22/h4-5,7-8,11,14,16-17,20H,6,9-10,12-13,15H2,1-3H3,(H,23,25). The Morgan fingerprint density at radius 3 is 2.93 bits per heavy atom. The molecule has 1 aliphatic heterocycles. The quantitative estimate of drug-likeness (QED) is 0.471.